The van der Waals surface area contributed by atoms with Gasteiger partial charge in [-0.05, 0) is 23.6 Å². The Labute approximate surface area is 129 Å². The molecule has 0 bridgehead atoms. The van der Waals surface area contributed by atoms with Gasteiger partial charge in [0.25, 0.3) is 0 Å². The Morgan fingerprint density at radius 3 is 2.70 bits per heavy atom. The molecule has 0 saturated carbocycles. The molecule has 0 aliphatic rings. The van der Waals surface area contributed by atoms with E-state index in [1.54, 1.807) is 17.5 Å². The smallest absolute Gasteiger partial charge is 0.340 e. The number of hydrogen-bond donors (Lipinski definition) is 1. The Balaban J connectivity index is 2.08. The number of esters is 1. The van der Waals surface area contributed by atoms with Crippen molar-refractivity contribution in [1.82, 2.24) is 0 Å². The SMILES string of the molecule is Nc1c(Cl)cc(Cl)cc1C(=O)OCC(=O)c1cccs1. The summed E-state index contributed by atoms with van der Waals surface area (Å²) in [5.41, 5.74) is 5.80. The molecule has 0 radical (unpaired) electrons. The summed E-state index contributed by atoms with van der Waals surface area (Å²) in [6.45, 7) is -0.358. The summed E-state index contributed by atoms with van der Waals surface area (Å²) < 4.78 is 4.93. The number of carbonyl (C=O) groups excluding carboxylic acids is 2. The summed E-state index contributed by atoms with van der Waals surface area (Å²) in [6.07, 6.45) is 0. The van der Waals surface area contributed by atoms with Crippen LogP contribution in [0.25, 0.3) is 0 Å². The van der Waals surface area contributed by atoms with Crippen molar-refractivity contribution in [3.63, 3.8) is 0 Å². The fraction of sp³-hybridized carbons (Fsp3) is 0.0769. The minimum absolute atomic E-state index is 0.0430. The summed E-state index contributed by atoms with van der Waals surface area (Å²) in [7, 11) is 0. The molecule has 7 heteroatoms. The first-order valence-corrected chi connectivity index (χ1v) is 7.11. The van der Waals surface area contributed by atoms with E-state index in [1.807, 2.05) is 0 Å². The first-order valence-electron chi connectivity index (χ1n) is 5.47. The minimum Gasteiger partial charge on any atom is -0.454 e. The lowest BCUT2D eigenvalue weighted by atomic mass is 10.2. The molecule has 0 amide bonds. The molecule has 1 aromatic heterocycles. The van der Waals surface area contributed by atoms with Gasteiger partial charge in [-0.1, -0.05) is 29.3 Å². The summed E-state index contributed by atoms with van der Waals surface area (Å²) in [5, 5.41) is 2.19. The third kappa shape index (κ3) is 3.30. The molecule has 0 aliphatic heterocycles. The van der Waals surface area contributed by atoms with Crippen LogP contribution in [0.15, 0.2) is 29.6 Å². The van der Waals surface area contributed by atoms with E-state index in [2.05, 4.69) is 0 Å². The molecule has 0 fully saturated rings. The van der Waals surface area contributed by atoms with Crippen LogP contribution in [0, 0.1) is 0 Å². The molecular weight excluding hydrogens is 321 g/mol. The second-order valence-corrected chi connectivity index (χ2v) is 5.62. The van der Waals surface area contributed by atoms with Gasteiger partial charge >= 0.3 is 5.97 Å². The minimum atomic E-state index is -0.739. The van der Waals surface area contributed by atoms with Gasteiger partial charge in [0.15, 0.2) is 6.61 Å². The number of carbonyl (C=O) groups is 2. The molecule has 1 aromatic carbocycles. The predicted octanol–water partition coefficient (Wildman–Crippen LogP) is 3.68. The van der Waals surface area contributed by atoms with E-state index in [0.717, 1.165) is 0 Å². The van der Waals surface area contributed by atoms with Gasteiger partial charge in [-0.15, -0.1) is 11.3 Å². The van der Waals surface area contributed by atoms with Crippen LogP contribution in [0.4, 0.5) is 5.69 Å². The Hall–Kier alpha value is -1.56. The molecule has 1 heterocycles. The van der Waals surface area contributed by atoms with Crippen molar-refractivity contribution in [3.05, 3.63) is 50.1 Å². The van der Waals surface area contributed by atoms with Crippen LogP contribution in [-0.4, -0.2) is 18.4 Å². The molecule has 0 atom stereocenters. The first kappa shape index (κ1) is 14.8. The fourth-order valence-corrected chi connectivity index (χ4v) is 2.62. The van der Waals surface area contributed by atoms with Crippen LogP contribution < -0.4 is 5.73 Å². The number of ether oxygens (including phenoxy) is 1. The average molecular weight is 330 g/mol. The van der Waals surface area contributed by atoms with E-state index in [0.29, 0.717) is 4.88 Å². The summed E-state index contributed by atoms with van der Waals surface area (Å²) in [6, 6.07) is 6.17. The van der Waals surface area contributed by atoms with Crippen molar-refractivity contribution in [2.75, 3.05) is 12.3 Å². The van der Waals surface area contributed by atoms with Gasteiger partial charge in [-0.2, -0.15) is 0 Å². The van der Waals surface area contributed by atoms with Crippen molar-refractivity contribution in [2.45, 2.75) is 0 Å². The Kier molecular flexibility index (Phi) is 4.65. The highest BCUT2D eigenvalue weighted by Crippen LogP contribution is 2.28. The number of rotatable bonds is 4. The number of thiophene rings is 1. The molecule has 20 heavy (non-hydrogen) atoms. The highest BCUT2D eigenvalue weighted by Gasteiger charge is 2.17. The van der Waals surface area contributed by atoms with Gasteiger partial charge in [0.05, 0.1) is 21.2 Å². The van der Waals surface area contributed by atoms with Gasteiger partial charge in [0.2, 0.25) is 5.78 Å². The average Bonchev–Trinajstić information content (AvgIpc) is 2.93. The molecule has 0 spiro atoms. The standard InChI is InChI=1S/C13H9Cl2NO3S/c14-7-4-8(12(16)9(15)5-7)13(18)19-6-10(17)11-2-1-3-20-11/h1-5H,6,16H2. The van der Waals surface area contributed by atoms with Crippen molar-refractivity contribution in [3.8, 4) is 0 Å². The zero-order valence-corrected chi connectivity index (χ0v) is 12.4. The summed E-state index contributed by atoms with van der Waals surface area (Å²) in [4.78, 5) is 24.1. The largest absolute Gasteiger partial charge is 0.454 e. The Morgan fingerprint density at radius 1 is 1.30 bits per heavy atom. The maximum atomic E-state index is 11.9. The Bertz CT molecular complexity index is 656. The van der Waals surface area contributed by atoms with Crippen molar-refractivity contribution in [2.24, 2.45) is 0 Å². The number of nitrogens with two attached hydrogens (primary N) is 1. The highest BCUT2D eigenvalue weighted by atomic mass is 35.5. The third-order valence-electron chi connectivity index (χ3n) is 2.44. The van der Waals surface area contributed by atoms with Gasteiger partial charge in [0, 0.05) is 5.02 Å². The normalized spacial score (nSPS) is 10.3. The zero-order chi connectivity index (χ0) is 14.7. The van der Waals surface area contributed by atoms with Gasteiger partial charge in [-0.3, -0.25) is 4.79 Å². The summed E-state index contributed by atoms with van der Waals surface area (Å²) >= 11 is 12.9. The summed E-state index contributed by atoms with van der Waals surface area (Å²) in [5.74, 6) is -1.02. The van der Waals surface area contributed by atoms with Gasteiger partial charge in [-0.25, -0.2) is 4.79 Å². The number of anilines is 1. The molecule has 104 valence electrons. The second kappa shape index (κ2) is 6.26. The molecule has 0 saturated heterocycles. The number of hydrogen-bond acceptors (Lipinski definition) is 5. The third-order valence-corrected chi connectivity index (χ3v) is 3.89. The van der Waals surface area contributed by atoms with Crippen LogP contribution in [0.5, 0.6) is 0 Å². The second-order valence-electron chi connectivity index (χ2n) is 3.83. The van der Waals surface area contributed by atoms with Crippen molar-refractivity contribution < 1.29 is 14.3 Å². The molecule has 2 rings (SSSR count). The first-order chi connectivity index (χ1) is 9.49. The van der Waals surface area contributed by atoms with Crippen molar-refractivity contribution in [1.29, 1.82) is 0 Å². The monoisotopic (exact) mass is 329 g/mol. The molecule has 2 aromatic rings. The molecule has 0 aliphatic carbocycles. The number of nitrogen functional groups attached to an aromatic ring is 1. The van der Waals surface area contributed by atoms with E-state index in [9.17, 15) is 9.59 Å². The van der Waals surface area contributed by atoms with Crippen LogP contribution >= 0.6 is 34.5 Å². The Morgan fingerprint density at radius 2 is 2.05 bits per heavy atom. The fourth-order valence-electron chi connectivity index (χ4n) is 1.47. The molecule has 4 nitrogen and oxygen atoms in total. The van der Waals surface area contributed by atoms with Crippen LogP contribution in [0.2, 0.25) is 10.0 Å². The molecular formula is C13H9Cl2NO3S. The number of ketones is 1. The maximum Gasteiger partial charge on any atom is 0.340 e. The van der Waals surface area contributed by atoms with Crippen molar-refractivity contribution >= 4 is 52.0 Å². The van der Waals surface area contributed by atoms with Crippen LogP contribution in [0.3, 0.4) is 0 Å². The van der Waals surface area contributed by atoms with Gasteiger partial charge in [0.1, 0.15) is 0 Å². The van der Waals surface area contributed by atoms with E-state index in [1.165, 1.54) is 23.5 Å². The maximum absolute atomic E-state index is 11.9. The lowest BCUT2D eigenvalue weighted by Crippen LogP contribution is -2.15. The van der Waals surface area contributed by atoms with E-state index in [-0.39, 0.29) is 33.7 Å². The molecule has 0 unspecified atom stereocenters. The zero-order valence-electron chi connectivity index (χ0n) is 10.1. The number of halogens is 2. The van der Waals surface area contributed by atoms with Gasteiger partial charge < -0.3 is 10.5 Å². The predicted molar refractivity (Wildman–Crippen MR) is 79.8 cm³/mol. The number of benzene rings is 1. The quantitative estimate of drug-likeness (QED) is 0.527. The lowest BCUT2D eigenvalue weighted by Gasteiger charge is -2.08. The topological polar surface area (TPSA) is 69.4 Å². The van der Waals surface area contributed by atoms with Crippen LogP contribution in [0.1, 0.15) is 20.0 Å². The van der Waals surface area contributed by atoms with Crippen LogP contribution in [-0.2, 0) is 4.74 Å². The van der Waals surface area contributed by atoms with E-state index < -0.39 is 5.97 Å². The van der Waals surface area contributed by atoms with E-state index in [4.69, 9.17) is 33.7 Å². The lowest BCUT2D eigenvalue weighted by molar-refractivity contribution is 0.0477. The highest BCUT2D eigenvalue weighted by molar-refractivity contribution is 7.12. The molecule has 2 N–H and O–H groups in total. The number of Topliss-reactive ketones (excluding diaryl/α,β-unsaturated/α-hetero) is 1. The van der Waals surface area contributed by atoms with E-state index >= 15 is 0 Å².